The van der Waals surface area contributed by atoms with Crippen molar-refractivity contribution in [3.05, 3.63) is 35.7 Å². The van der Waals surface area contributed by atoms with Crippen LogP contribution in [0.15, 0.2) is 28.8 Å². The number of nitriles is 1. The molecule has 4 heteroatoms. The molecule has 0 radical (unpaired) electrons. The van der Waals surface area contributed by atoms with Crippen molar-refractivity contribution in [2.75, 3.05) is 0 Å². The highest BCUT2D eigenvalue weighted by Gasteiger charge is 2.21. The van der Waals surface area contributed by atoms with E-state index in [9.17, 15) is 0 Å². The van der Waals surface area contributed by atoms with E-state index in [4.69, 9.17) is 9.78 Å². The Morgan fingerprint density at radius 3 is 2.67 bits per heavy atom. The molecule has 1 aromatic carbocycles. The van der Waals surface area contributed by atoms with Gasteiger partial charge in [0.1, 0.15) is 0 Å². The van der Waals surface area contributed by atoms with E-state index in [0.717, 1.165) is 29.8 Å². The van der Waals surface area contributed by atoms with Crippen LogP contribution in [0.4, 0.5) is 0 Å². The van der Waals surface area contributed by atoms with Gasteiger partial charge in [-0.05, 0) is 24.5 Å². The van der Waals surface area contributed by atoms with Crippen molar-refractivity contribution in [3.63, 3.8) is 0 Å². The van der Waals surface area contributed by atoms with Gasteiger partial charge < -0.3 is 4.52 Å². The summed E-state index contributed by atoms with van der Waals surface area (Å²) in [4.78, 5) is 4.60. The lowest BCUT2D eigenvalue weighted by Gasteiger charge is -2.07. The van der Waals surface area contributed by atoms with E-state index in [1.807, 2.05) is 24.3 Å². The first-order valence-corrected chi connectivity index (χ1v) is 7.67. The largest absolute Gasteiger partial charge is 0.334 e. The fourth-order valence-corrected chi connectivity index (χ4v) is 3.02. The third-order valence-electron chi connectivity index (χ3n) is 4.18. The van der Waals surface area contributed by atoms with Gasteiger partial charge in [-0.3, -0.25) is 0 Å². The SMILES string of the molecule is N#CCc1ccccc1-c1nc(C2CCCCCC2)no1. The van der Waals surface area contributed by atoms with Gasteiger partial charge in [0.25, 0.3) is 5.89 Å². The summed E-state index contributed by atoms with van der Waals surface area (Å²) in [6.45, 7) is 0. The Labute approximate surface area is 124 Å². The zero-order valence-electron chi connectivity index (χ0n) is 12.1. The van der Waals surface area contributed by atoms with E-state index in [-0.39, 0.29) is 0 Å². The summed E-state index contributed by atoms with van der Waals surface area (Å²) in [6.07, 6.45) is 7.78. The van der Waals surface area contributed by atoms with E-state index < -0.39 is 0 Å². The summed E-state index contributed by atoms with van der Waals surface area (Å²) in [6, 6.07) is 9.93. The van der Waals surface area contributed by atoms with E-state index in [2.05, 4.69) is 16.2 Å². The molecule has 1 heterocycles. The molecule has 0 saturated heterocycles. The third kappa shape index (κ3) is 3.13. The van der Waals surface area contributed by atoms with Crippen LogP contribution in [0.2, 0.25) is 0 Å². The molecule has 0 atom stereocenters. The molecule has 0 spiro atoms. The Bertz CT molecular complexity index is 633. The van der Waals surface area contributed by atoms with Crippen molar-refractivity contribution in [3.8, 4) is 17.5 Å². The van der Waals surface area contributed by atoms with Gasteiger partial charge in [0.15, 0.2) is 5.82 Å². The Morgan fingerprint density at radius 2 is 1.90 bits per heavy atom. The topological polar surface area (TPSA) is 62.7 Å². The molecule has 1 fully saturated rings. The molecular weight excluding hydrogens is 262 g/mol. The molecule has 1 saturated carbocycles. The van der Waals surface area contributed by atoms with Gasteiger partial charge in [0, 0.05) is 11.5 Å². The van der Waals surface area contributed by atoms with Gasteiger partial charge >= 0.3 is 0 Å². The zero-order valence-corrected chi connectivity index (χ0v) is 12.1. The van der Waals surface area contributed by atoms with Gasteiger partial charge in [0.2, 0.25) is 0 Å². The van der Waals surface area contributed by atoms with Crippen LogP contribution in [0.1, 0.15) is 55.8 Å². The average molecular weight is 281 g/mol. The van der Waals surface area contributed by atoms with E-state index in [1.165, 1.54) is 25.7 Å². The van der Waals surface area contributed by atoms with Crippen LogP contribution in [0.25, 0.3) is 11.5 Å². The second kappa shape index (κ2) is 6.53. The molecular formula is C17H19N3O. The highest BCUT2D eigenvalue weighted by Crippen LogP contribution is 2.31. The molecule has 4 nitrogen and oxygen atoms in total. The van der Waals surface area contributed by atoms with Crippen molar-refractivity contribution in [1.29, 1.82) is 5.26 Å². The summed E-state index contributed by atoms with van der Waals surface area (Å²) >= 11 is 0. The smallest absolute Gasteiger partial charge is 0.258 e. The number of rotatable bonds is 3. The van der Waals surface area contributed by atoms with Crippen molar-refractivity contribution < 1.29 is 4.52 Å². The molecule has 1 aliphatic rings. The van der Waals surface area contributed by atoms with Crippen LogP contribution < -0.4 is 0 Å². The van der Waals surface area contributed by atoms with Gasteiger partial charge in [-0.15, -0.1) is 0 Å². The first-order chi connectivity index (χ1) is 10.4. The number of benzene rings is 1. The molecule has 0 amide bonds. The molecule has 21 heavy (non-hydrogen) atoms. The van der Waals surface area contributed by atoms with E-state index in [0.29, 0.717) is 18.2 Å². The van der Waals surface area contributed by atoms with Crippen LogP contribution in [-0.4, -0.2) is 10.1 Å². The maximum Gasteiger partial charge on any atom is 0.258 e. The molecule has 108 valence electrons. The summed E-state index contributed by atoms with van der Waals surface area (Å²) in [5, 5.41) is 13.1. The monoisotopic (exact) mass is 281 g/mol. The Balaban J connectivity index is 1.86. The molecule has 1 aromatic heterocycles. The van der Waals surface area contributed by atoms with Gasteiger partial charge in [-0.2, -0.15) is 10.2 Å². The number of hydrogen-bond acceptors (Lipinski definition) is 4. The average Bonchev–Trinajstić information content (AvgIpc) is 2.84. The highest BCUT2D eigenvalue weighted by atomic mass is 16.5. The quantitative estimate of drug-likeness (QED) is 0.789. The highest BCUT2D eigenvalue weighted by molar-refractivity contribution is 5.59. The lowest BCUT2D eigenvalue weighted by molar-refractivity contribution is 0.409. The first kappa shape index (κ1) is 13.8. The molecule has 3 rings (SSSR count). The summed E-state index contributed by atoms with van der Waals surface area (Å²) in [5.74, 6) is 1.80. The minimum absolute atomic E-state index is 0.358. The van der Waals surface area contributed by atoms with Crippen LogP contribution in [0.3, 0.4) is 0 Å². The van der Waals surface area contributed by atoms with E-state index in [1.54, 1.807) is 0 Å². The molecule has 2 aromatic rings. The standard InChI is InChI=1S/C17H19N3O/c18-12-11-13-7-5-6-10-15(13)17-19-16(20-21-17)14-8-3-1-2-4-9-14/h5-7,10,14H,1-4,8-9,11H2. The second-order valence-electron chi connectivity index (χ2n) is 5.64. The number of aromatic nitrogens is 2. The lowest BCUT2D eigenvalue weighted by atomic mass is 10.00. The summed E-state index contributed by atoms with van der Waals surface area (Å²) < 4.78 is 5.46. The maximum atomic E-state index is 8.91. The van der Waals surface area contributed by atoms with Gasteiger partial charge in [-0.1, -0.05) is 49.0 Å². The normalized spacial score (nSPS) is 16.3. The molecule has 1 aliphatic carbocycles. The van der Waals surface area contributed by atoms with E-state index >= 15 is 0 Å². The van der Waals surface area contributed by atoms with Crippen LogP contribution in [0.5, 0.6) is 0 Å². The van der Waals surface area contributed by atoms with Gasteiger partial charge in [0.05, 0.1) is 12.5 Å². The van der Waals surface area contributed by atoms with Crippen LogP contribution in [-0.2, 0) is 6.42 Å². The van der Waals surface area contributed by atoms with Crippen molar-refractivity contribution in [1.82, 2.24) is 10.1 Å². The Morgan fingerprint density at radius 1 is 1.14 bits per heavy atom. The molecule has 0 bridgehead atoms. The minimum atomic E-state index is 0.358. The fraction of sp³-hybridized carbons (Fsp3) is 0.471. The lowest BCUT2D eigenvalue weighted by Crippen LogP contribution is -1.99. The number of hydrogen-bond donors (Lipinski definition) is 0. The first-order valence-electron chi connectivity index (χ1n) is 7.67. The fourth-order valence-electron chi connectivity index (χ4n) is 3.02. The summed E-state index contributed by atoms with van der Waals surface area (Å²) in [5.41, 5.74) is 1.82. The minimum Gasteiger partial charge on any atom is -0.334 e. The molecule has 0 unspecified atom stereocenters. The van der Waals surface area contributed by atoms with Crippen LogP contribution >= 0.6 is 0 Å². The summed E-state index contributed by atoms with van der Waals surface area (Å²) in [7, 11) is 0. The van der Waals surface area contributed by atoms with Crippen molar-refractivity contribution in [2.45, 2.75) is 50.9 Å². The van der Waals surface area contributed by atoms with Gasteiger partial charge in [-0.25, -0.2) is 0 Å². The van der Waals surface area contributed by atoms with Crippen molar-refractivity contribution >= 4 is 0 Å². The van der Waals surface area contributed by atoms with Crippen molar-refractivity contribution in [2.24, 2.45) is 0 Å². The predicted octanol–water partition coefficient (Wildman–Crippen LogP) is 4.24. The molecule has 0 N–H and O–H groups in total. The Kier molecular flexibility index (Phi) is 4.30. The maximum absolute atomic E-state index is 8.91. The number of nitrogens with zero attached hydrogens (tertiary/aromatic N) is 3. The third-order valence-corrected chi connectivity index (χ3v) is 4.18. The van der Waals surface area contributed by atoms with Crippen LogP contribution in [0, 0.1) is 11.3 Å². The Hall–Kier alpha value is -2.15. The second-order valence-corrected chi connectivity index (χ2v) is 5.64. The molecule has 0 aliphatic heterocycles. The predicted molar refractivity (Wildman–Crippen MR) is 79.5 cm³/mol. The zero-order chi connectivity index (χ0) is 14.5.